The van der Waals surface area contributed by atoms with Crippen molar-refractivity contribution >= 4 is 23.6 Å². The maximum absolute atomic E-state index is 13.7. The number of carbonyl (C=O) groups is 2. The molecule has 1 aliphatic heterocycles. The summed E-state index contributed by atoms with van der Waals surface area (Å²) in [6.07, 6.45) is -0.332. The van der Waals surface area contributed by atoms with Crippen LogP contribution in [0.5, 0.6) is 0 Å². The summed E-state index contributed by atoms with van der Waals surface area (Å²) < 4.78 is 44.4. The molecule has 1 atom stereocenters. The van der Waals surface area contributed by atoms with E-state index >= 15 is 0 Å². The Morgan fingerprint density at radius 1 is 1.26 bits per heavy atom. The fourth-order valence-corrected chi connectivity index (χ4v) is 3.45. The molecule has 0 N–H and O–H groups in total. The molecule has 4 nitrogen and oxygen atoms in total. The first-order valence-electron chi connectivity index (χ1n) is 6.99. The van der Waals surface area contributed by atoms with Crippen molar-refractivity contribution in [3.8, 4) is 0 Å². The van der Waals surface area contributed by atoms with E-state index in [1.54, 1.807) is 11.8 Å². The number of hydrogen-bond donors (Lipinski definition) is 0. The molecule has 126 valence electrons. The van der Waals surface area contributed by atoms with Gasteiger partial charge in [0.1, 0.15) is 5.82 Å². The van der Waals surface area contributed by atoms with Crippen LogP contribution in [0, 0.1) is 17.5 Å². The van der Waals surface area contributed by atoms with E-state index in [0.717, 1.165) is 0 Å². The highest BCUT2D eigenvalue weighted by molar-refractivity contribution is 7.99. The monoisotopic (exact) mass is 347 g/mol. The normalized spacial score (nSPS) is 17.9. The fourth-order valence-electron chi connectivity index (χ4n) is 2.39. The first-order valence-corrected chi connectivity index (χ1v) is 8.15. The lowest BCUT2D eigenvalue weighted by Gasteiger charge is -2.35. The van der Waals surface area contributed by atoms with Gasteiger partial charge in [-0.05, 0) is 6.07 Å². The molecule has 23 heavy (non-hydrogen) atoms. The Kier molecular flexibility index (Phi) is 5.92. The van der Waals surface area contributed by atoms with Crippen LogP contribution in [0.1, 0.15) is 12.0 Å². The van der Waals surface area contributed by atoms with Crippen LogP contribution >= 0.6 is 11.8 Å². The largest absolute Gasteiger partial charge is 0.469 e. The highest BCUT2D eigenvalue weighted by Gasteiger charge is 2.29. The van der Waals surface area contributed by atoms with Gasteiger partial charge in [0, 0.05) is 29.7 Å². The van der Waals surface area contributed by atoms with Crippen molar-refractivity contribution in [1.82, 2.24) is 4.90 Å². The lowest BCUT2D eigenvalue weighted by atomic mass is 10.1. The third-order valence-electron chi connectivity index (χ3n) is 3.61. The average molecular weight is 347 g/mol. The molecule has 1 heterocycles. The molecule has 1 aromatic rings. The van der Waals surface area contributed by atoms with Gasteiger partial charge in [-0.1, -0.05) is 0 Å². The number of halogens is 3. The van der Waals surface area contributed by atoms with Gasteiger partial charge < -0.3 is 9.64 Å². The highest BCUT2D eigenvalue weighted by Crippen LogP contribution is 2.22. The van der Waals surface area contributed by atoms with Gasteiger partial charge >= 0.3 is 5.97 Å². The molecule has 0 bridgehead atoms. The summed E-state index contributed by atoms with van der Waals surface area (Å²) >= 11 is 1.61. The molecule has 1 saturated heterocycles. The van der Waals surface area contributed by atoms with Crippen LogP contribution in [0.4, 0.5) is 13.2 Å². The maximum Gasteiger partial charge on any atom is 0.307 e. The van der Waals surface area contributed by atoms with Crippen molar-refractivity contribution in [3.63, 3.8) is 0 Å². The number of methoxy groups -OCH3 is 1. The van der Waals surface area contributed by atoms with Crippen LogP contribution in [0.15, 0.2) is 12.1 Å². The van der Waals surface area contributed by atoms with Crippen LogP contribution < -0.4 is 0 Å². The summed E-state index contributed by atoms with van der Waals surface area (Å²) in [6.45, 7) is 0.413. The van der Waals surface area contributed by atoms with E-state index in [2.05, 4.69) is 4.74 Å². The molecule has 1 aliphatic rings. The zero-order valence-electron chi connectivity index (χ0n) is 12.5. The molecule has 1 amide bonds. The second-order valence-electron chi connectivity index (χ2n) is 5.13. The van der Waals surface area contributed by atoms with E-state index in [4.69, 9.17) is 0 Å². The van der Waals surface area contributed by atoms with E-state index in [9.17, 15) is 22.8 Å². The van der Waals surface area contributed by atoms with Gasteiger partial charge in [0.15, 0.2) is 11.6 Å². The van der Waals surface area contributed by atoms with Gasteiger partial charge in [0.05, 0.1) is 26.0 Å². The Hall–Kier alpha value is -1.70. The number of thioether (sulfide) groups is 1. The number of rotatable bonds is 4. The quantitative estimate of drug-likeness (QED) is 0.619. The molecule has 1 fully saturated rings. The SMILES string of the molecule is COC(=O)C[C@@H]1CSCCN1C(=O)Cc1cc(F)c(F)cc1F. The van der Waals surface area contributed by atoms with Crippen LogP contribution in [0.25, 0.3) is 0 Å². The van der Waals surface area contributed by atoms with Crippen molar-refractivity contribution in [2.45, 2.75) is 18.9 Å². The van der Waals surface area contributed by atoms with Gasteiger partial charge in [0.25, 0.3) is 0 Å². The van der Waals surface area contributed by atoms with Crippen molar-refractivity contribution in [2.24, 2.45) is 0 Å². The van der Waals surface area contributed by atoms with Crippen LogP contribution in [0.3, 0.4) is 0 Å². The van der Waals surface area contributed by atoms with E-state index < -0.39 is 29.3 Å². The summed E-state index contributed by atoms with van der Waals surface area (Å²) in [5.41, 5.74) is -0.205. The minimum atomic E-state index is -1.29. The van der Waals surface area contributed by atoms with Crippen molar-refractivity contribution in [1.29, 1.82) is 0 Å². The first kappa shape index (κ1) is 17.7. The Morgan fingerprint density at radius 2 is 1.96 bits per heavy atom. The Labute approximate surface area is 136 Å². The van der Waals surface area contributed by atoms with Crippen molar-refractivity contribution in [2.75, 3.05) is 25.2 Å². The lowest BCUT2D eigenvalue weighted by Crippen LogP contribution is -2.47. The number of nitrogens with zero attached hydrogens (tertiary/aromatic N) is 1. The van der Waals surface area contributed by atoms with E-state index in [-0.39, 0.29) is 24.4 Å². The fraction of sp³-hybridized carbons (Fsp3) is 0.467. The second-order valence-corrected chi connectivity index (χ2v) is 6.28. The second kappa shape index (κ2) is 7.72. The highest BCUT2D eigenvalue weighted by atomic mass is 32.2. The molecular weight excluding hydrogens is 331 g/mol. The van der Waals surface area contributed by atoms with Crippen LogP contribution in [0.2, 0.25) is 0 Å². The number of ether oxygens (including phenoxy) is 1. The molecule has 0 aromatic heterocycles. The molecule has 0 spiro atoms. The Morgan fingerprint density at radius 3 is 2.65 bits per heavy atom. The van der Waals surface area contributed by atoms with Crippen LogP contribution in [-0.4, -0.2) is 48.0 Å². The molecule has 0 radical (unpaired) electrons. The molecule has 0 unspecified atom stereocenters. The minimum Gasteiger partial charge on any atom is -0.469 e. The number of esters is 1. The van der Waals surface area contributed by atoms with E-state index in [1.807, 2.05) is 0 Å². The Balaban J connectivity index is 2.11. The molecule has 8 heteroatoms. The van der Waals surface area contributed by atoms with Crippen molar-refractivity contribution in [3.05, 3.63) is 35.1 Å². The lowest BCUT2D eigenvalue weighted by molar-refractivity contribution is -0.143. The van der Waals surface area contributed by atoms with Gasteiger partial charge in [-0.25, -0.2) is 13.2 Å². The summed E-state index contributed by atoms with van der Waals surface area (Å²) in [6, 6.07) is 0.772. The summed E-state index contributed by atoms with van der Waals surface area (Å²) in [5, 5.41) is 0. The number of benzene rings is 1. The number of carbonyl (C=O) groups excluding carboxylic acids is 2. The van der Waals surface area contributed by atoms with Gasteiger partial charge in [-0.2, -0.15) is 11.8 Å². The zero-order chi connectivity index (χ0) is 17.0. The third-order valence-corrected chi connectivity index (χ3v) is 4.70. The minimum absolute atomic E-state index is 0.0511. The maximum atomic E-state index is 13.7. The molecule has 1 aromatic carbocycles. The summed E-state index contributed by atoms with van der Waals surface area (Å²) in [7, 11) is 1.27. The molecule has 2 rings (SSSR count). The summed E-state index contributed by atoms with van der Waals surface area (Å²) in [4.78, 5) is 25.3. The topological polar surface area (TPSA) is 46.6 Å². The standard InChI is InChI=1S/C15H16F3NO3S/c1-22-15(21)6-10-8-23-3-2-19(10)14(20)5-9-4-12(17)13(18)7-11(9)16/h4,7,10H,2-3,5-6,8H2,1H3/t10-/m1/s1. The number of amides is 1. The molecular formula is C15H16F3NO3S. The van der Waals surface area contributed by atoms with Crippen molar-refractivity contribution < 1.29 is 27.5 Å². The van der Waals surface area contributed by atoms with Crippen LogP contribution in [-0.2, 0) is 20.7 Å². The smallest absolute Gasteiger partial charge is 0.307 e. The van der Waals surface area contributed by atoms with E-state index in [0.29, 0.717) is 30.2 Å². The first-order chi connectivity index (χ1) is 10.9. The zero-order valence-corrected chi connectivity index (χ0v) is 13.3. The van der Waals surface area contributed by atoms with Gasteiger partial charge in [-0.15, -0.1) is 0 Å². The summed E-state index contributed by atoms with van der Waals surface area (Å²) in [5.74, 6) is -3.05. The average Bonchev–Trinajstić information content (AvgIpc) is 2.52. The van der Waals surface area contributed by atoms with Gasteiger partial charge in [0.2, 0.25) is 5.91 Å². The van der Waals surface area contributed by atoms with Gasteiger partial charge in [-0.3, -0.25) is 9.59 Å². The molecule has 0 aliphatic carbocycles. The predicted molar refractivity (Wildman–Crippen MR) is 79.5 cm³/mol. The third kappa shape index (κ3) is 4.40. The predicted octanol–water partition coefficient (Wildman–Crippen LogP) is 2.15. The molecule has 0 saturated carbocycles. The van der Waals surface area contributed by atoms with E-state index in [1.165, 1.54) is 12.0 Å². The Bertz CT molecular complexity index is 612. The number of hydrogen-bond acceptors (Lipinski definition) is 4.